The normalized spacial score (nSPS) is 19.7. The van der Waals surface area contributed by atoms with Crippen LogP contribution in [0.3, 0.4) is 0 Å². The van der Waals surface area contributed by atoms with E-state index in [0.717, 1.165) is 35.7 Å². The zero-order valence-corrected chi connectivity index (χ0v) is 18.9. The lowest BCUT2D eigenvalue weighted by Gasteiger charge is -2.32. The third kappa shape index (κ3) is 5.57. The van der Waals surface area contributed by atoms with Crippen molar-refractivity contribution in [3.63, 3.8) is 0 Å². The molecule has 0 spiro atoms. The zero-order valence-electron chi connectivity index (χ0n) is 14.8. The Kier molecular flexibility index (Phi) is 9.34. The van der Waals surface area contributed by atoms with Crippen molar-refractivity contribution in [1.82, 2.24) is 9.62 Å². The molecule has 26 heavy (non-hydrogen) atoms. The Morgan fingerprint density at radius 2 is 2.08 bits per heavy atom. The van der Waals surface area contributed by atoms with E-state index in [2.05, 4.69) is 12.2 Å². The van der Waals surface area contributed by atoms with E-state index < -0.39 is 20.0 Å². The van der Waals surface area contributed by atoms with Crippen molar-refractivity contribution in [2.45, 2.75) is 41.1 Å². The molecule has 0 aromatic carbocycles. The number of thioether (sulfide) groups is 1. The number of sulfonamides is 2. The summed E-state index contributed by atoms with van der Waals surface area (Å²) in [6.07, 6.45) is 1.87. The molecule has 1 aromatic heterocycles. The van der Waals surface area contributed by atoms with E-state index in [-0.39, 0.29) is 26.9 Å². The Bertz CT molecular complexity index is 795. The second-order valence-corrected chi connectivity index (χ2v) is 12.0. The third-order valence-corrected chi connectivity index (χ3v) is 10.1. The number of likely N-dealkylation sites (N-methyl/N-ethyl adjacent to an activating group) is 1. The van der Waals surface area contributed by atoms with Gasteiger partial charge in [-0.15, -0.1) is 23.7 Å². The fourth-order valence-electron chi connectivity index (χ4n) is 2.69. The summed E-state index contributed by atoms with van der Waals surface area (Å²) >= 11 is 2.56. The predicted octanol–water partition coefficient (Wildman–Crippen LogP) is 2.01. The summed E-state index contributed by atoms with van der Waals surface area (Å²) in [5.41, 5.74) is 0.507. The predicted molar refractivity (Wildman–Crippen MR) is 110 cm³/mol. The van der Waals surface area contributed by atoms with Crippen LogP contribution in [-0.2, 0) is 20.0 Å². The standard InChI is InChI=1S/C14H25N3O4S4.ClH/c1-3-7-22-8-5-6-17-10-12(16-4-2)11-9-13(24(15,18)19)23-14(11)25(17,20)21;/h9,12,16H,3-8,10H2,1-2H3,(H2,15,18,19);1H. The molecule has 0 saturated carbocycles. The first kappa shape index (κ1) is 24.2. The average molecular weight is 464 g/mol. The van der Waals surface area contributed by atoms with Gasteiger partial charge in [0.05, 0.1) is 0 Å². The molecule has 0 amide bonds. The van der Waals surface area contributed by atoms with E-state index in [0.29, 0.717) is 25.2 Å². The number of thiophene rings is 1. The molecule has 3 N–H and O–H groups in total. The molecule has 0 aliphatic carbocycles. The van der Waals surface area contributed by atoms with Crippen molar-refractivity contribution in [2.75, 3.05) is 31.1 Å². The molecule has 0 bridgehead atoms. The Balaban J connectivity index is 0.00000338. The van der Waals surface area contributed by atoms with Crippen LogP contribution in [0.25, 0.3) is 0 Å². The van der Waals surface area contributed by atoms with E-state index in [1.165, 1.54) is 10.4 Å². The molecule has 0 radical (unpaired) electrons. The maximum Gasteiger partial charge on any atom is 0.252 e. The number of rotatable bonds is 9. The lowest BCUT2D eigenvalue weighted by atomic mass is 10.1. The smallest absolute Gasteiger partial charge is 0.252 e. The first-order valence-corrected chi connectivity index (χ1v) is 13.1. The van der Waals surface area contributed by atoms with Gasteiger partial charge in [-0.2, -0.15) is 16.1 Å². The Morgan fingerprint density at radius 1 is 1.38 bits per heavy atom. The van der Waals surface area contributed by atoms with Gasteiger partial charge in [0.1, 0.15) is 8.42 Å². The van der Waals surface area contributed by atoms with Crippen LogP contribution in [0.1, 0.15) is 38.3 Å². The van der Waals surface area contributed by atoms with Crippen LogP contribution in [0.5, 0.6) is 0 Å². The summed E-state index contributed by atoms with van der Waals surface area (Å²) in [5, 5.41) is 8.43. The van der Waals surface area contributed by atoms with Gasteiger partial charge in [0.25, 0.3) is 10.0 Å². The summed E-state index contributed by atoms with van der Waals surface area (Å²) < 4.78 is 50.5. The highest BCUT2D eigenvalue weighted by Gasteiger charge is 2.39. The zero-order chi connectivity index (χ0) is 18.7. The summed E-state index contributed by atoms with van der Waals surface area (Å²) in [6, 6.07) is 1.17. The topological polar surface area (TPSA) is 110 Å². The lowest BCUT2D eigenvalue weighted by molar-refractivity contribution is 0.345. The van der Waals surface area contributed by atoms with Gasteiger partial charge in [0, 0.05) is 24.7 Å². The van der Waals surface area contributed by atoms with E-state index >= 15 is 0 Å². The van der Waals surface area contributed by atoms with Gasteiger partial charge < -0.3 is 5.32 Å². The van der Waals surface area contributed by atoms with E-state index in [4.69, 9.17) is 5.14 Å². The molecular weight excluding hydrogens is 438 g/mol. The lowest BCUT2D eigenvalue weighted by Crippen LogP contribution is -2.43. The highest BCUT2D eigenvalue weighted by molar-refractivity contribution is 7.99. The molecule has 7 nitrogen and oxygen atoms in total. The molecule has 2 heterocycles. The Morgan fingerprint density at radius 3 is 2.65 bits per heavy atom. The first-order chi connectivity index (χ1) is 11.7. The van der Waals surface area contributed by atoms with Gasteiger partial charge in [-0.1, -0.05) is 13.8 Å². The number of nitrogens with zero attached hydrogens (tertiary/aromatic N) is 1. The van der Waals surface area contributed by atoms with Gasteiger partial charge in [-0.3, -0.25) is 0 Å². The van der Waals surface area contributed by atoms with E-state index in [1.807, 2.05) is 18.7 Å². The number of hydrogen-bond acceptors (Lipinski definition) is 7. The SMILES string of the molecule is CCCSCCCN1CC(NCC)c2cc(S(N)(=O)=O)sc2S1(=O)=O.Cl. The van der Waals surface area contributed by atoms with Gasteiger partial charge >= 0.3 is 0 Å². The maximum absolute atomic E-state index is 12.9. The molecular formula is C14H26ClN3O4S4. The van der Waals surface area contributed by atoms with Crippen molar-refractivity contribution in [3.8, 4) is 0 Å². The molecule has 0 saturated heterocycles. The molecule has 0 fully saturated rings. The number of primary sulfonamides is 1. The first-order valence-electron chi connectivity index (χ1n) is 8.19. The van der Waals surface area contributed by atoms with E-state index in [1.54, 1.807) is 0 Å². The fraction of sp³-hybridized carbons (Fsp3) is 0.714. The second-order valence-electron chi connectivity index (χ2n) is 5.79. The highest BCUT2D eigenvalue weighted by Crippen LogP contribution is 2.39. The molecule has 2 rings (SSSR count). The van der Waals surface area contributed by atoms with Crippen molar-refractivity contribution in [3.05, 3.63) is 11.6 Å². The number of halogens is 1. The molecule has 1 aliphatic heterocycles. The molecule has 1 aliphatic rings. The van der Waals surface area contributed by atoms with Crippen LogP contribution < -0.4 is 10.5 Å². The quantitative estimate of drug-likeness (QED) is 0.542. The maximum atomic E-state index is 12.9. The molecule has 152 valence electrons. The van der Waals surface area contributed by atoms with Gasteiger partial charge in [-0.25, -0.2) is 22.0 Å². The molecule has 1 unspecified atom stereocenters. The highest BCUT2D eigenvalue weighted by atomic mass is 35.5. The summed E-state index contributed by atoms with van der Waals surface area (Å²) in [5.74, 6) is 1.98. The summed E-state index contributed by atoms with van der Waals surface area (Å²) in [4.78, 5) is 0. The van der Waals surface area contributed by atoms with Crippen molar-refractivity contribution >= 4 is 55.6 Å². The Labute approximate surface area is 170 Å². The van der Waals surface area contributed by atoms with Crippen molar-refractivity contribution in [2.24, 2.45) is 5.14 Å². The third-order valence-electron chi connectivity index (χ3n) is 3.81. The van der Waals surface area contributed by atoms with Crippen LogP contribution in [0.4, 0.5) is 0 Å². The number of nitrogens with one attached hydrogen (secondary N) is 1. The largest absolute Gasteiger partial charge is 0.309 e. The summed E-state index contributed by atoms with van der Waals surface area (Å²) in [7, 11) is -7.61. The minimum Gasteiger partial charge on any atom is -0.309 e. The number of hydrogen-bond donors (Lipinski definition) is 2. The molecule has 1 aromatic rings. The second kappa shape index (κ2) is 10.1. The minimum atomic E-state index is -3.93. The van der Waals surface area contributed by atoms with Crippen LogP contribution in [0, 0.1) is 0 Å². The Hall–Kier alpha value is 0.120. The monoisotopic (exact) mass is 463 g/mol. The van der Waals surface area contributed by atoms with Crippen LogP contribution in [-0.4, -0.2) is 52.3 Å². The number of fused-ring (bicyclic) bond motifs is 1. The van der Waals surface area contributed by atoms with Crippen LogP contribution in [0.2, 0.25) is 0 Å². The van der Waals surface area contributed by atoms with Gasteiger partial charge in [-0.05, 0) is 37.0 Å². The fourth-order valence-corrected chi connectivity index (χ4v) is 7.82. The van der Waals surface area contributed by atoms with Crippen LogP contribution >= 0.6 is 35.5 Å². The summed E-state index contributed by atoms with van der Waals surface area (Å²) in [6.45, 7) is 5.45. The number of nitrogens with two attached hydrogens (primary N) is 1. The van der Waals surface area contributed by atoms with Crippen molar-refractivity contribution < 1.29 is 16.8 Å². The van der Waals surface area contributed by atoms with Gasteiger partial charge in [0.15, 0.2) is 0 Å². The molecule has 12 heteroatoms. The van der Waals surface area contributed by atoms with Crippen molar-refractivity contribution in [1.29, 1.82) is 0 Å². The van der Waals surface area contributed by atoms with Gasteiger partial charge in [0.2, 0.25) is 10.0 Å². The minimum absolute atomic E-state index is 0. The molecule has 1 atom stereocenters. The van der Waals surface area contributed by atoms with Crippen LogP contribution in [0.15, 0.2) is 14.5 Å². The average Bonchev–Trinajstić information content (AvgIpc) is 2.98. The van der Waals surface area contributed by atoms with E-state index in [9.17, 15) is 16.8 Å².